The van der Waals surface area contributed by atoms with Gasteiger partial charge in [0.05, 0.1) is 12.8 Å². The second-order valence-corrected chi connectivity index (χ2v) is 7.75. The number of para-hydroxylation sites is 1. The number of aliphatic hydroxyl groups excluding tert-OH is 1. The van der Waals surface area contributed by atoms with Crippen molar-refractivity contribution in [3.8, 4) is 11.4 Å². The summed E-state index contributed by atoms with van der Waals surface area (Å²) in [7, 11) is 1.36. The molecule has 0 aliphatic rings. The van der Waals surface area contributed by atoms with E-state index < -0.39 is 11.9 Å². The van der Waals surface area contributed by atoms with Gasteiger partial charge in [-0.3, -0.25) is 4.79 Å². The van der Waals surface area contributed by atoms with Crippen molar-refractivity contribution in [2.75, 3.05) is 7.11 Å². The molecule has 162 valence electrons. The Morgan fingerprint density at radius 1 is 1.23 bits per heavy atom. The molecule has 4 nitrogen and oxygen atoms in total. The van der Waals surface area contributed by atoms with Crippen LogP contribution in [0.5, 0.6) is 5.75 Å². The lowest BCUT2D eigenvalue weighted by atomic mass is 9.98. The topological polar surface area (TPSA) is 51.5 Å². The third kappa shape index (κ3) is 4.89. The number of aliphatic hydroxyl groups is 1. The molecule has 3 rings (SSSR count). The summed E-state index contributed by atoms with van der Waals surface area (Å²) in [5.74, 6) is -0.576. The Balaban J connectivity index is 2.07. The van der Waals surface area contributed by atoms with Crippen molar-refractivity contribution in [3.63, 3.8) is 0 Å². The van der Waals surface area contributed by atoms with Gasteiger partial charge in [0.25, 0.3) is 0 Å². The van der Waals surface area contributed by atoms with Crippen molar-refractivity contribution < 1.29 is 19.0 Å². The number of benzene rings is 2. The number of ketones is 1. The van der Waals surface area contributed by atoms with Crippen LogP contribution in [0.4, 0.5) is 4.39 Å². The van der Waals surface area contributed by atoms with Crippen molar-refractivity contribution in [1.29, 1.82) is 0 Å². The smallest absolute Gasteiger partial charge is 0.165 e. The van der Waals surface area contributed by atoms with E-state index in [9.17, 15) is 14.3 Å². The summed E-state index contributed by atoms with van der Waals surface area (Å²) < 4.78 is 21.2. The molecule has 0 fully saturated rings. The molecule has 6 heteroatoms. The molecule has 3 aromatic rings. The Morgan fingerprint density at radius 2 is 2.00 bits per heavy atom. The summed E-state index contributed by atoms with van der Waals surface area (Å²) in [5.41, 5.74) is 2.19. The van der Waals surface area contributed by atoms with Gasteiger partial charge in [0.15, 0.2) is 17.3 Å². The summed E-state index contributed by atoms with van der Waals surface area (Å²) in [4.78, 5) is 12.2. The molecule has 0 spiro atoms. The molecule has 0 bridgehead atoms. The largest absolute Gasteiger partial charge is 0.493 e. The highest BCUT2D eigenvalue weighted by atomic mass is 35.5. The number of aromatic nitrogens is 1. The van der Waals surface area contributed by atoms with Crippen molar-refractivity contribution in [3.05, 3.63) is 88.5 Å². The van der Waals surface area contributed by atoms with Crippen LogP contribution >= 0.6 is 11.6 Å². The minimum Gasteiger partial charge on any atom is -0.493 e. The fraction of sp³-hybridized carbons (Fsp3) is 0.240. The SMILES string of the molecule is CCC(C)C(=O)/C=C/c1cccn1-c1ccc(Cl)cc1C(O)c1cccc(F)c1OC. The fourth-order valence-corrected chi connectivity index (χ4v) is 3.55. The molecule has 2 atom stereocenters. The molecule has 0 aliphatic heterocycles. The van der Waals surface area contributed by atoms with Gasteiger partial charge in [-0.25, -0.2) is 4.39 Å². The van der Waals surface area contributed by atoms with Gasteiger partial charge in [-0.15, -0.1) is 0 Å². The minimum atomic E-state index is -1.18. The van der Waals surface area contributed by atoms with E-state index in [1.807, 2.05) is 36.7 Å². The van der Waals surface area contributed by atoms with Gasteiger partial charge >= 0.3 is 0 Å². The lowest BCUT2D eigenvalue weighted by Gasteiger charge is -2.20. The molecule has 0 radical (unpaired) electrons. The summed E-state index contributed by atoms with van der Waals surface area (Å²) in [6.45, 7) is 3.87. The van der Waals surface area contributed by atoms with Crippen molar-refractivity contribution >= 4 is 23.5 Å². The average Bonchev–Trinajstić information content (AvgIpc) is 3.24. The monoisotopic (exact) mass is 441 g/mol. The van der Waals surface area contributed by atoms with Crippen LogP contribution in [0, 0.1) is 11.7 Å². The van der Waals surface area contributed by atoms with Gasteiger partial charge in [0, 0.05) is 34.0 Å². The van der Waals surface area contributed by atoms with Crippen LogP contribution in [-0.2, 0) is 4.79 Å². The predicted octanol–water partition coefficient (Wildman–Crippen LogP) is 5.99. The Hall–Kier alpha value is -2.89. The quantitative estimate of drug-likeness (QED) is 0.437. The Morgan fingerprint density at radius 3 is 2.71 bits per heavy atom. The Labute approximate surface area is 186 Å². The maximum Gasteiger partial charge on any atom is 0.165 e. The molecule has 31 heavy (non-hydrogen) atoms. The lowest BCUT2D eigenvalue weighted by molar-refractivity contribution is -0.117. The number of carbonyl (C=O) groups excluding carboxylic acids is 1. The van der Waals surface area contributed by atoms with Crippen molar-refractivity contribution in [2.45, 2.75) is 26.4 Å². The van der Waals surface area contributed by atoms with E-state index in [2.05, 4.69) is 0 Å². The number of ether oxygens (including phenoxy) is 1. The van der Waals surface area contributed by atoms with Gasteiger partial charge in [-0.2, -0.15) is 0 Å². The molecule has 0 amide bonds. The molecule has 0 saturated carbocycles. The molecule has 0 saturated heterocycles. The number of allylic oxidation sites excluding steroid dienone is 1. The van der Waals surface area contributed by atoms with Crippen LogP contribution < -0.4 is 4.74 Å². The van der Waals surface area contributed by atoms with Crippen LogP contribution in [0.1, 0.15) is 43.2 Å². The maximum absolute atomic E-state index is 14.2. The molecule has 1 aromatic heterocycles. The first-order valence-corrected chi connectivity index (χ1v) is 10.4. The number of hydrogen-bond donors (Lipinski definition) is 1. The van der Waals surface area contributed by atoms with Gasteiger partial charge in [0.1, 0.15) is 6.10 Å². The highest BCUT2D eigenvalue weighted by Gasteiger charge is 2.22. The molecular weight excluding hydrogens is 417 g/mol. The minimum absolute atomic E-state index is 0.0206. The summed E-state index contributed by atoms with van der Waals surface area (Å²) in [6.07, 6.45) is 4.74. The fourth-order valence-electron chi connectivity index (χ4n) is 3.37. The number of rotatable bonds is 8. The normalized spacial score (nSPS) is 13.4. The highest BCUT2D eigenvalue weighted by molar-refractivity contribution is 6.30. The van der Waals surface area contributed by atoms with E-state index in [0.29, 0.717) is 21.8 Å². The average molecular weight is 442 g/mol. The first-order valence-electron chi connectivity index (χ1n) is 10.1. The van der Waals surface area contributed by atoms with Crippen LogP contribution in [-0.4, -0.2) is 22.6 Å². The first-order chi connectivity index (χ1) is 14.9. The number of nitrogens with zero attached hydrogens (tertiary/aromatic N) is 1. The van der Waals surface area contributed by atoms with E-state index in [1.165, 1.54) is 19.2 Å². The standard InChI is InChI=1S/C25H25ClFNO3/c1-4-16(2)23(29)13-11-18-7-6-14-28(18)22-12-10-17(26)15-20(22)24(30)19-8-5-9-21(27)25(19)31-3/h5-16,24,30H,4H2,1-3H3/b13-11+. The third-order valence-corrected chi connectivity index (χ3v) is 5.57. The second kappa shape index (κ2) is 9.94. The molecule has 2 unspecified atom stereocenters. The first kappa shape index (κ1) is 22.8. The van der Waals surface area contributed by atoms with Crippen LogP contribution in [0.3, 0.4) is 0 Å². The van der Waals surface area contributed by atoms with Crippen molar-refractivity contribution in [2.24, 2.45) is 5.92 Å². The van der Waals surface area contributed by atoms with E-state index in [0.717, 1.165) is 12.1 Å². The number of carbonyl (C=O) groups is 1. The zero-order valence-electron chi connectivity index (χ0n) is 17.7. The van der Waals surface area contributed by atoms with Crippen LogP contribution in [0.25, 0.3) is 11.8 Å². The highest BCUT2D eigenvalue weighted by Crippen LogP contribution is 2.36. The summed E-state index contributed by atoms with van der Waals surface area (Å²) in [5, 5.41) is 11.6. The zero-order valence-corrected chi connectivity index (χ0v) is 18.4. The van der Waals surface area contributed by atoms with Gasteiger partial charge in [0.2, 0.25) is 0 Å². The van der Waals surface area contributed by atoms with E-state index in [1.54, 1.807) is 36.4 Å². The Bertz CT molecular complexity index is 1110. The maximum atomic E-state index is 14.2. The predicted molar refractivity (Wildman–Crippen MR) is 121 cm³/mol. The van der Waals surface area contributed by atoms with Gasteiger partial charge in [-0.1, -0.05) is 37.6 Å². The van der Waals surface area contributed by atoms with Crippen LogP contribution in [0.15, 0.2) is 60.8 Å². The molecule has 0 aliphatic carbocycles. The number of halogens is 2. The summed E-state index contributed by atoms with van der Waals surface area (Å²) in [6, 6.07) is 13.3. The van der Waals surface area contributed by atoms with Gasteiger partial charge < -0.3 is 14.4 Å². The Kier molecular flexibility index (Phi) is 7.31. The second-order valence-electron chi connectivity index (χ2n) is 7.32. The molecular formula is C25H25ClFNO3. The molecule has 1 N–H and O–H groups in total. The summed E-state index contributed by atoms with van der Waals surface area (Å²) >= 11 is 6.22. The third-order valence-electron chi connectivity index (χ3n) is 5.34. The van der Waals surface area contributed by atoms with E-state index in [4.69, 9.17) is 16.3 Å². The number of hydrogen-bond acceptors (Lipinski definition) is 3. The van der Waals surface area contributed by atoms with E-state index in [-0.39, 0.29) is 17.5 Å². The number of methoxy groups -OCH3 is 1. The lowest BCUT2D eigenvalue weighted by Crippen LogP contribution is -2.09. The van der Waals surface area contributed by atoms with Gasteiger partial charge in [-0.05, 0) is 55.0 Å². The zero-order chi connectivity index (χ0) is 22.5. The molecule has 1 heterocycles. The van der Waals surface area contributed by atoms with E-state index >= 15 is 0 Å². The molecule has 2 aromatic carbocycles. The van der Waals surface area contributed by atoms with Crippen LogP contribution in [0.2, 0.25) is 5.02 Å². The van der Waals surface area contributed by atoms with Crippen molar-refractivity contribution in [1.82, 2.24) is 4.57 Å².